The third-order valence-electron chi connectivity index (χ3n) is 3.47. The second-order valence-corrected chi connectivity index (χ2v) is 5.28. The van der Waals surface area contributed by atoms with Gasteiger partial charge in [-0.05, 0) is 19.8 Å². The highest BCUT2D eigenvalue weighted by molar-refractivity contribution is 5.78. The van der Waals surface area contributed by atoms with Crippen molar-refractivity contribution >= 4 is 12.0 Å². The van der Waals surface area contributed by atoms with Crippen LogP contribution in [-0.4, -0.2) is 45.2 Å². The van der Waals surface area contributed by atoms with Crippen molar-refractivity contribution < 1.29 is 19.2 Å². The Labute approximate surface area is 116 Å². The van der Waals surface area contributed by atoms with E-state index in [1.807, 2.05) is 0 Å². The number of rotatable bonds is 3. The molecule has 1 aliphatic rings. The molecule has 0 saturated carbocycles. The number of nitrogens with one attached hydrogen (secondary N) is 1. The summed E-state index contributed by atoms with van der Waals surface area (Å²) in [6, 6.07) is -0.306. The summed E-state index contributed by atoms with van der Waals surface area (Å²) in [5, 5.41) is 15.6. The SMILES string of the molecule is Cc1nc(CNC(=O)N2CCCC(C)(C(=O)O)C2)no1. The highest BCUT2D eigenvalue weighted by atomic mass is 16.5. The Hall–Kier alpha value is -2.12. The van der Waals surface area contributed by atoms with Crippen molar-refractivity contribution in [2.45, 2.75) is 33.2 Å². The smallest absolute Gasteiger partial charge is 0.317 e. The number of aromatic nitrogens is 2. The number of hydrogen-bond donors (Lipinski definition) is 2. The van der Waals surface area contributed by atoms with E-state index >= 15 is 0 Å². The molecule has 1 unspecified atom stereocenters. The molecule has 1 aromatic heterocycles. The van der Waals surface area contributed by atoms with Crippen LogP contribution in [0, 0.1) is 12.3 Å². The van der Waals surface area contributed by atoms with E-state index in [1.54, 1.807) is 13.8 Å². The Morgan fingerprint density at radius 2 is 2.30 bits per heavy atom. The fourth-order valence-corrected chi connectivity index (χ4v) is 2.27. The van der Waals surface area contributed by atoms with Gasteiger partial charge < -0.3 is 19.8 Å². The number of piperidine rings is 1. The number of nitrogens with zero attached hydrogens (tertiary/aromatic N) is 3. The molecule has 0 radical (unpaired) electrons. The van der Waals surface area contributed by atoms with Gasteiger partial charge in [-0.1, -0.05) is 5.16 Å². The van der Waals surface area contributed by atoms with E-state index in [0.717, 1.165) is 0 Å². The third-order valence-corrected chi connectivity index (χ3v) is 3.47. The first kappa shape index (κ1) is 14.3. The minimum absolute atomic E-state index is 0.163. The summed E-state index contributed by atoms with van der Waals surface area (Å²) in [6.45, 7) is 4.26. The Kier molecular flexibility index (Phi) is 3.91. The van der Waals surface area contributed by atoms with Crippen molar-refractivity contribution in [1.82, 2.24) is 20.4 Å². The lowest BCUT2D eigenvalue weighted by molar-refractivity contribution is -0.150. The number of carboxylic acids is 1. The lowest BCUT2D eigenvalue weighted by Crippen LogP contribution is -2.51. The Balaban J connectivity index is 1.90. The van der Waals surface area contributed by atoms with Crippen molar-refractivity contribution in [3.63, 3.8) is 0 Å². The molecule has 2 amide bonds. The lowest BCUT2D eigenvalue weighted by Gasteiger charge is -2.37. The molecule has 110 valence electrons. The van der Waals surface area contributed by atoms with Gasteiger partial charge in [-0.25, -0.2) is 4.79 Å². The average Bonchev–Trinajstić information content (AvgIpc) is 2.81. The molecule has 1 fully saturated rings. The Bertz CT molecular complexity index is 515. The summed E-state index contributed by atoms with van der Waals surface area (Å²) in [6.07, 6.45) is 1.26. The summed E-state index contributed by atoms with van der Waals surface area (Å²) in [4.78, 5) is 28.8. The van der Waals surface area contributed by atoms with Crippen LogP contribution in [0.1, 0.15) is 31.5 Å². The van der Waals surface area contributed by atoms with Gasteiger partial charge in [0.1, 0.15) is 0 Å². The molecule has 8 nitrogen and oxygen atoms in total. The van der Waals surface area contributed by atoms with Gasteiger partial charge in [0, 0.05) is 20.0 Å². The van der Waals surface area contributed by atoms with Gasteiger partial charge in [-0.3, -0.25) is 4.79 Å². The molecule has 8 heteroatoms. The van der Waals surface area contributed by atoms with E-state index in [4.69, 9.17) is 4.52 Å². The highest BCUT2D eigenvalue weighted by Crippen LogP contribution is 2.29. The monoisotopic (exact) mass is 282 g/mol. The number of aliphatic carboxylic acids is 1. The molecule has 20 heavy (non-hydrogen) atoms. The first-order valence-electron chi connectivity index (χ1n) is 6.46. The topological polar surface area (TPSA) is 109 Å². The van der Waals surface area contributed by atoms with Crippen LogP contribution < -0.4 is 5.32 Å². The van der Waals surface area contributed by atoms with Gasteiger partial charge in [0.25, 0.3) is 0 Å². The zero-order chi connectivity index (χ0) is 14.8. The molecule has 0 aliphatic carbocycles. The van der Waals surface area contributed by atoms with Gasteiger partial charge >= 0.3 is 12.0 Å². The highest BCUT2D eigenvalue weighted by Gasteiger charge is 2.39. The predicted molar refractivity (Wildman–Crippen MR) is 67.8 cm³/mol. The van der Waals surface area contributed by atoms with E-state index in [9.17, 15) is 14.7 Å². The summed E-state index contributed by atoms with van der Waals surface area (Å²) in [7, 11) is 0. The van der Waals surface area contributed by atoms with Gasteiger partial charge in [0.2, 0.25) is 5.89 Å². The standard InChI is InChI=1S/C12H18N4O4/c1-8-14-9(15-20-8)6-13-11(19)16-5-3-4-12(2,7-16)10(17)18/h3-7H2,1-2H3,(H,13,19)(H,17,18). The molecule has 0 spiro atoms. The number of hydrogen-bond acceptors (Lipinski definition) is 5. The predicted octanol–water partition coefficient (Wildman–Crippen LogP) is 0.774. The third kappa shape index (κ3) is 3.06. The molecule has 2 N–H and O–H groups in total. The van der Waals surface area contributed by atoms with Crippen LogP contribution in [0.25, 0.3) is 0 Å². The number of likely N-dealkylation sites (tertiary alicyclic amines) is 1. The van der Waals surface area contributed by atoms with Gasteiger partial charge in [-0.2, -0.15) is 4.98 Å². The molecule has 1 saturated heterocycles. The maximum Gasteiger partial charge on any atom is 0.317 e. The summed E-state index contributed by atoms with van der Waals surface area (Å²) >= 11 is 0. The summed E-state index contributed by atoms with van der Waals surface area (Å²) in [5.74, 6) is -0.0386. The fourth-order valence-electron chi connectivity index (χ4n) is 2.27. The summed E-state index contributed by atoms with van der Waals surface area (Å²) in [5.41, 5.74) is -0.877. The quantitative estimate of drug-likeness (QED) is 0.847. The number of aryl methyl sites for hydroxylation is 1. The van der Waals surface area contributed by atoms with Crippen molar-refractivity contribution in [3.8, 4) is 0 Å². The normalized spacial score (nSPS) is 22.6. The molecular weight excluding hydrogens is 264 g/mol. The number of carboxylic acid groups (broad SMARTS) is 1. The van der Waals surface area contributed by atoms with Crippen molar-refractivity contribution in [1.29, 1.82) is 0 Å². The lowest BCUT2D eigenvalue weighted by atomic mass is 9.82. The van der Waals surface area contributed by atoms with E-state index < -0.39 is 11.4 Å². The van der Waals surface area contributed by atoms with E-state index in [-0.39, 0.29) is 19.1 Å². The van der Waals surface area contributed by atoms with Crippen LogP contribution in [0.2, 0.25) is 0 Å². The van der Waals surface area contributed by atoms with Crippen LogP contribution >= 0.6 is 0 Å². The van der Waals surface area contributed by atoms with Crippen LogP contribution in [0.5, 0.6) is 0 Å². The van der Waals surface area contributed by atoms with Crippen molar-refractivity contribution in [2.24, 2.45) is 5.41 Å². The number of carbonyl (C=O) groups is 2. The van der Waals surface area contributed by atoms with Crippen LogP contribution in [-0.2, 0) is 11.3 Å². The average molecular weight is 282 g/mol. The molecule has 1 aromatic rings. The van der Waals surface area contributed by atoms with Crippen molar-refractivity contribution in [2.75, 3.05) is 13.1 Å². The number of urea groups is 1. The number of amides is 2. The minimum Gasteiger partial charge on any atom is -0.481 e. The minimum atomic E-state index is -0.877. The van der Waals surface area contributed by atoms with Crippen molar-refractivity contribution in [3.05, 3.63) is 11.7 Å². The number of carbonyl (C=O) groups excluding carboxylic acids is 1. The zero-order valence-corrected chi connectivity index (χ0v) is 11.5. The molecular formula is C12H18N4O4. The Morgan fingerprint density at radius 1 is 1.55 bits per heavy atom. The molecule has 1 atom stereocenters. The van der Waals surface area contributed by atoms with Crippen LogP contribution in [0.4, 0.5) is 4.79 Å². The molecule has 2 heterocycles. The molecule has 2 rings (SSSR count). The van der Waals surface area contributed by atoms with Gasteiger partial charge in [-0.15, -0.1) is 0 Å². The van der Waals surface area contributed by atoms with Gasteiger partial charge in [0.05, 0.1) is 12.0 Å². The largest absolute Gasteiger partial charge is 0.481 e. The van der Waals surface area contributed by atoms with Gasteiger partial charge in [0.15, 0.2) is 5.82 Å². The van der Waals surface area contributed by atoms with E-state index in [2.05, 4.69) is 15.5 Å². The zero-order valence-electron chi connectivity index (χ0n) is 11.5. The maximum absolute atomic E-state index is 12.0. The molecule has 1 aliphatic heterocycles. The first-order chi connectivity index (χ1) is 9.40. The van der Waals surface area contributed by atoms with E-state index in [0.29, 0.717) is 31.1 Å². The maximum atomic E-state index is 12.0. The summed E-state index contributed by atoms with van der Waals surface area (Å²) < 4.78 is 4.80. The first-order valence-corrected chi connectivity index (χ1v) is 6.46. The van der Waals surface area contributed by atoms with Crippen LogP contribution in [0.3, 0.4) is 0 Å². The fraction of sp³-hybridized carbons (Fsp3) is 0.667. The molecule has 0 bridgehead atoms. The Morgan fingerprint density at radius 3 is 2.90 bits per heavy atom. The second-order valence-electron chi connectivity index (χ2n) is 5.28. The van der Waals surface area contributed by atoms with Crippen LogP contribution in [0.15, 0.2) is 4.52 Å². The molecule has 0 aromatic carbocycles. The van der Waals surface area contributed by atoms with E-state index in [1.165, 1.54) is 4.90 Å². The second kappa shape index (κ2) is 5.48.